The molecule has 204 valence electrons. The quantitative estimate of drug-likeness (QED) is 0.179. The molecule has 1 aliphatic heterocycles. The first-order chi connectivity index (χ1) is 20.1. The van der Waals surface area contributed by atoms with Gasteiger partial charge in [-0.15, -0.1) is 5.53 Å². The van der Waals surface area contributed by atoms with Crippen molar-refractivity contribution in [3.63, 3.8) is 0 Å². The molecule has 0 bridgehead atoms. The fourth-order valence-electron chi connectivity index (χ4n) is 5.23. The van der Waals surface area contributed by atoms with Crippen LogP contribution in [0.5, 0.6) is 0 Å². The number of nitrogens with one attached hydrogen (secondary N) is 4. The number of nitriles is 2. The zero-order valence-corrected chi connectivity index (χ0v) is 23.3. The van der Waals surface area contributed by atoms with Crippen LogP contribution in [0.15, 0.2) is 84.8 Å². The fourth-order valence-corrected chi connectivity index (χ4v) is 5.48. The Labute approximate surface area is 244 Å². The molecule has 0 radical (unpaired) electrons. The lowest BCUT2D eigenvalue weighted by molar-refractivity contribution is 0.260. The van der Waals surface area contributed by atoms with Crippen molar-refractivity contribution in [3.05, 3.63) is 112 Å². The Bertz CT molecular complexity index is 1700. The van der Waals surface area contributed by atoms with E-state index in [0.29, 0.717) is 44.5 Å². The van der Waals surface area contributed by atoms with E-state index in [1.165, 1.54) is 6.20 Å². The van der Waals surface area contributed by atoms with Crippen molar-refractivity contribution in [2.45, 2.75) is 44.3 Å². The summed E-state index contributed by atoms with van der Waals surface area (Å²) in [7, 11) is 0. The summed E-state index contributed by atoms with van der Waals surface area (Å²) >= 11 is 6.69. The topological polar surface area (TPSA) is 112 Å². The van der Waals surface area contributed by atoms with E-state index in [0.717, 1.165) is 36.1 Å². The van der Waals surface area contributed by atoms with E-state index >= 15 is 0 Å². The Kier molecular flexibility index (Phi) is 7.35. The number of anilines is 2. The molecule has 0 spiro atoms. The molecule has 0 saturated heterocycles. The second-order valence-electron chi connectivity index (χ2n) is 10.3. The zero-order chi connectivity index (χ0) is 28.3. The van der Waals surface area contributed by atoms with E-state index in [9.17, 15) is 10.5 Å². The van der Waals surface area contributed by atoms with Gasteiger partial charge in [0.1, 0.15) is 12.1 Å². The molecule has 6 rings (SSSR count). The summed E-state index contributed by atoms with van der Waals surface area (Å²) in [5.41, 5.74) is 12.2. The number of hydrazine groups is 2. The van der Waals surface area contributed by atoms with Crippen LogP contribution in [0.2, 0.25) is 5.02 Å². The second-order valence-corrected chi connectivity index (χ2v) is 10.7. The van der Waals surface area contributed by atoms with Crippen LogP contribution in [-0.4, -0.2) is 16.0 Å². The fraction of sp³-hybridized carbons (Fsp3) is 0.219. The Morgan fingerprint density at radius 1 is 1.02 bits per heavy atom. The normalized spacial score (nSPS) is 15.8. The maximum Gasteiger partial charge on any atom is 0.103 e. The van der Waals surface area contributed by atoms with Gasteiger partial charge in [-0.1, -0.05) is 67.1 Å². The summed E-state index contributed by atoms with van der Waals surface area (Å²) in [5.74, 6) is 0. The highest BCUT2D eigenvalue weighted by Gasteiger charge is 2.33. The molecule has 4 N–H and O–H groups in total. The summed E-state index contributed by atoms with van der Waals surface area (Å²) in [6.45, 7) is 2.10. The highest BCUT2D eigenvalue weighted by molar-refractivity contribution is 6.31. The maximum absolute atomic E-state index is 10.1. The van der Waals surface area contributed by atoms with Crippen molar-refractivity contribution in [3.8, 4) is 12.1 Å². The minimum atomic E-state index is -0.333. The van der Waals surface area contributed by atoms with Gasteiger partial charge in [-0.05, 0) is 48.6 Å². The third-order valence-corrected chi connectivity index (χ3v) is 7.87. The highest BCUT2D eigenvalue weighted by Crippen LogP contribution is 2.38. The predicted molar refractivity (Wildman–Crippen MR) is 161 cm³/mol. The molecule has 1 fully saturated rings. The van der Waals surface area contributed by atoms with E-state index in [4.69, 9.17) is 11.6 Å². The van der Waals surface area contributed by atoms with Crippen LogP contribution in [0.4, 0.5) is 11.4 Å². The summed E-state index contributed by atoms with van der Waals surface area (Å²) in [5, 5.41) is 30.8. The van der Waals surface area contributed by atoms with Gasteiger partial charge in [-0.3, -0.25) is 9.99 Å². The van der Waals surface area contributed by atoms with Gasteiger partial charge in [-0.2, -0.15) is 10.5 Å². The van der Waals surface area contributed by atoms with Gasteiger partial charge in [0, 0.05) is 34.5 Å². The standard InChI is InChI=1S/C32H29ClN8/c1-2-28(20-8-4-3-5-9-20)38-31-22(17-35)18-36-30-21(16-34)14-23(15-26(30)31)37-32(25-10-6-7-11-27(25)33)29-19-41(40-39-29)24-12-13-24/h3-11,14-15,18-19,24,28,32,37,39-40H,2,12-13H2,1H3,(H,36,38)/t28-,32+/m1/s1. The van der Waals surface area contributed by atoms with Crippen LogP contribution < -0.4 is 21.6 Å². The molecule has 0 amide bonds. The molecule has 2 heterocycles. The van der Waals surface area contributed by atoms with E-state index in [1.54, 1.807) is 6.07 Å². The first-order valence-electron chi connectivity index (χ1n) is 13.7. The van der Waals surface area contributed by atoms with E-state index in [-0.39, 0.29) is 12.1 Å². The van der Waals surface area contributed by atoms with Crippen LogP contribution in [-0.2, 0) is 0 Å². The summed E-state index contributed by atoms with van der Waals surface area (Å²) < 4.78 is 0. The molecule has 2 aliphatic rings. The average Bonchev–Trinajstić information content (AvgIpc) is 3.75. The first kappa shape index (κ1) is 26.5. The number of nitrogens with zero attached hydrogens (tertiary/aromatic N) is 4. The zero-order valence-electron chi connectivity index (χ0n) is 22.5. The number of benzene rings is 3. The van der Waals surface area contributed by atoms with Gasteiger partial charge >= 0.3 is 0 Å². The monoisotopic (exact) mass is 560 g/mol. The molecule has 0 unspecified atom stereocenters. The molecule has 1 aliphatic carbocycles. The van der Waals surface area contributed by atoms with E-state index in [2.05, 4.69) is 69.0 Å². The highest BCUT2D eigenvalue weighted by atomic mass is 35.5. The number of aromatic nitrogens is 1. The molecule has 3 aromatic carbocycles. The minimum absolute atomic E-state index is 0.0285. The molecule has 2 atom stereocenters. The van der Waals surface area contributed by atoms with Crippen molar-refractivity contribution in [1.29, 1.82) is 10.5 Å². The third-order valence-electron chi connectivity index (χ3n) is 7.53. The molecule has 1 aromatic heterocycles. The smallest absolute Gasteiger partial charge is 0.103 e. The first-order valence-corrected chi connectivity index (χ1v) is 14.1. The van der Waals surface area contributed by atoms with Crippen molar-refractivity contribution < 1.29 is 0 Å². The number of hydrogen-bond acceptors (Lipinski definition) is 8. The van der Waals surface area contributed by atoms with Crippen LogP contribution >= 0.6 is 11.6 Å². The van der Waals surface area contributed by atoms with Gasteiger partial charge in [-0.25, -0.2) is 0 Å². The molecular weight excluding hydrogens is 532 g/mol. The second kappa shape index (κ2) is 11.4. The Morgan fingerprint density at radius 3 is 2.49 bits per heavy atom. The molecular formula is C32H29ClN8. The molecule has 9 heteroatoms. The van der Waals surface area contributed by atoms with Gasteiger partial charge in [0.25, 0.3) is 0 Å². The average molecular weight is 561 g/mol. The van der Waals surface area contributed by atoms with Crippen molar-refractivity contribution >= 4 is 33.9 Å². The Balaban J connectivity index is 1.45. The number of rotatable bonds is 9. The van der Waals surface area contributed by atoms with E-state index < -0.39 is 0 Å². The Morgan fingerprint density at radius 2 is 1.78 bits per heavy atom. The van der Waals surface area contributed by atoms with Gasteiger partial charge in [0.2, 0.25) is 0 Å². The largest absolute Gasteiger partial charge is 0.377 e. The van der Waals surface area contributed by atoms with Crippen molar-refractivity contribution in [1.82, 2.24) is 21.0 Å². The van der Waals surface area contributed by atoms with Crippen LogP contribution in [0.3, 0.4) is 0 Å². The lowest BCUT2D eigenvalue weighted by atomic mass is 10.00. The minimum Gasteiger partial charge on any atom is -0.377 e. The van der Waals surface area contributed by atoms with Crippen LogP contribution in [0, 0.1) is 22.7 Å². The number of halogens is 1. The summed E-state index contributed by atoms with van der Waals surface area (Å²) in [4.78, 5) is 4.52. The van der Waals surface area contributed by atoms with Gasteiger partial charge in [0.15, 0.2) is 0 Å². The lowest BCUT2D eigenvalue weighted by Gasteiger charge is -2.24. The Hall–Kier alpha value is -4.76. The third kappa shape index (κ3) is 5.36. The van der Waals surface area contributed by atoms with Crippen molar-refractivity contribution in [2.75, 3.05) is 10.6 Å². The van der Waals surface area contributed by atoms with Gasteiger partial charge < -0.3 is 16.1 Å². The van der Waals surface area contributed by atoms with Gasteiger partial charge in [0.05, 0.1) is 40.1 Å². The maximum atomic E-state index is 10.1. The lowest BCUT2D eigenvalue weighted by Crippen LogP contribution is -2.38. The molecule has 41 heavy (non-hydrogen) atoms. The molecule has 8 nitrogen and oxygen atoms in total. The van der Waals surface area contributed by atoms with Crippen molar-refractivity contribution in [2.24, 2.45) is 0 Å². The number of fused-ring (bicyclic) bond motifs is 1. The number of pyridine rings is 1. The van der Waals surface area contributed by atoms with E-state index in [1.807, 2.05) is 48.5 Å². The van der Waals surface area contributed by atoms with Crippen LogP contribution in [0.25, 0.3) is 10.9 Å². The summed E-state index contributed by atoms with van der Waals surface area (Å²) in [6, 6.07) is 26.3. The molecule has 1 saturated carbocycles. The predicted octanol–water partition coefficient (Wildman–Crippen LogP) is 6.68. The molecule has 4 aromatic rings. The van der Waals surface area contributed by atoms with Crippen LogP contribution in [0.1, 0.15) is 60.5 Å². The number of hydrogen-bond donors (Lipinski definition) is 4. The summed E-state index contributed by atoms with van der Waals surface area (Å²) in [6.07, 6.45) is 6.70. The SMILES string of the molecule is CC[C@@H](Nc1c(C#N)cnc2c(C#N)cc(N[C@H](C3=CN(C4CC4)NN3)c3ccccc3Cl)cc12)c1ccccc1.